The highest BCUT2D eigenvalue weighted by Gasteiger charge is 2.10. The number of aromatic nitrogens is 2. The van der Waals surface area contributed by atoms with Gasteiger partial charge in [-0.3, -0.25) is 4.79 Å². The highest BCUT2D eigenvalue weighted by molar-refractivity contribution is 5.91. The molecule has 6 heteroatoms. The van der Waals surface area contributed by atoms with Crippen molar-refractivity contribution in [1.29, 1.82) is 0 Å². The number of carbonyl (C=O) groups is 1. The van der Waals surface area contributed by atoms with Gasteiger partial charge in [-0.1, -0.05) is 0 Å². The summed E-state index contributed by atoms with van der Waals surface area (Å²) in [5.74, 6) is 0.0689. The molecule has 88 valence electrons. The molecule has 3 N–H and O–H groups in total. The standard InChI is InChI=1S/C10H17N5O/c1-7(15(2)3)4-14-10(16)8-5-13-9(11)6-12-8/h5-7H,4H2,1-3H3,(H2,11,13)(H,14,16). The maximum Gasteiger partial charge on any atom is 0.271 e. The Kier molecular flexibility index (Phi) is 4.19. The molecule has 16 heavy (non-hydrogen) atoms. The highest BCUT2D eigenvalue weighted by atomic mass is 16.1. The molecular weight excluding hydrogens is 206 g/mol. The van der Waals surface area contributed by atoms with Crippen molar-refractivity contribution < 1.29 is 4.79 Å². The zero-order valence-electron chi connectivity index (χ0n) is 9.77. The minimum Gasteiger partial charge on any atom is -0.382 e. The van der Waals surface area contributed by atoms with Gasteiger partial charge in [0.2, 0.25) is 0 Å². The SMILES string of the molecule is CC(CNC(=O)c1cnc(N)cn1)N(C)C. The number of amides is 1. The van der Waals surface area contributed by atoms with Crippen molar-refractivity contribution in [3.63, 3.8) is 0 Å². The Morgan fingerprint density at radius 2 is 2.19 bits per heavy atom. The van der Waals surface area contributed by atoms with E-state index in [1.54, 1.807) is 0 Å². The normalized spacial score (nSPS) is 12.5. The maximum atomic E-state index is 11.6. The van der Waals surface area contributed by atoms with Crippen molar-refractivity contribution in [2.45, 2.75) is 13.0 Å². The van der Waals surface area contributed by atoms with Crippen LogP contribution in [0.15, 0.2) is 12.4 Å². The molecule has 1 heterocycles. The van der Waals surface area contributed by atoms with Gasteiger partial charge in [-0.25, -0.2) is 9.97 Å². The van der Waals surface area contributed by atoms with Crippen molar-refractivity contribution >= 4 is 11.7 Å². The van der Waals surface area contributed by atoms with E-state index >= 15 is 0 Å². The Labute approximate surface area is 94.9 Å². The first-order chi connectivity index (χ1) is 7.50. The number of nitrogens with zero attached hydrogens (tertiary/aromatic N) is 3. The van der Waals surface area contributed by atoms with Crippen LogP contribution in [0.25, 0.3) is 0 Å². The molecule has 1 aromatic rings. The predicted octanol–water partition coefficient (Wildman–Crippen LogP) is -0.261. The lowest BCUT2D eigenvalue weighted by Gasteiger charge is -2.19. The van der Waals surface area contributed by atoms with Gasteiger partial charge in [-0.05, 0) is 21.0 Å². The zero-order chi connectivity index (χ0) is 12.1. The summed E-state index contributed by atoms with van der Waals surface area (Å²) in [6.07, 6.45) is 2.73. The fraction of sp³-hybridized carbons (Fsp3) is 0.500. The van der Waals surface area contributed by atoms with Crippen molar-refractivity contribution in [3.05, 3.63) is 18.1 Å². The lowest BCUT2D eigenvalue weighted by Crippen LogP contribution is -2.38. The van der Waals surface area contributed by atoms with Crippen LogP contribution in [0.2, 0.25) is 0 Å². The summed E-state index contributed by atoms with van der Waals surface area (Å²) in [5.41, 5.74) is 5.65. The summed E-state index contributed by atoms with van der Waals surface area (Å²) >= 11 is 0. The van der Waals surface area contributed by atoms with E-state index in [2.05, 4.69) is 15.3 Å². The lowest BCUT2D eigenvalue weighted by molar-refractivity contribution is 0.0938. The van der Waals surface area contributed by atoms with Crippen molar-refractivity contribution in [1.82, 2.24) is 20.2 Å². The highest BCUT2D eigenvalue weighted by Crippen LogP contribution is 1.96. The minimum atomic E-state index is -0.235. The van der Waals surface area contributed by atoms with Gasteiger partial charge in [0.25, 0.3) is 5.91 Å². The van der Waals surface area contributed by atoms with E-state index in [4.69, 9.17) is 5.73 Å². The second-order valence-corrected chi connectivity index (χ2v) is 3.85. The summed E-state index contributed by atoms with van der Waals surface area (Å²) in [6.45, 7) is 2.59. The van der Waals surface area contributed by atoms with Crippen LogP contribution in [0.1, 0.15) is 17.4 Å². The third kappa shape index (κ3) is 3.47. The molecule has 1 atom stereocenters. The Balaban J connectivity index is 2.50. The van der Waals surface area contributed by atoms with Crippen LogP contribution < -0.4 is 11.1 Å². The first-order valence-electron chi connectivity index (χ1n) is 5.03. The van der Waals surface area contributed by atoms with Gasteiger partial charge < -0.3 is 16.0 Å². The third-order valence-electron chi connectivity index (χ3n) is 2.34. The number of hydrogen-bond donors (Lipinski definition) is 2. The topological polar surface area (TPSA) is 84.1 Å². The van der Waals surface area contributed by atoms with E-state index in [0.717, 1.165) is 0 Å². The molecule has 0 aliphatic rings. The third-order valence-corrected chi connectivity index (χ3v) is 2.34. The van der Waals surface area contributed by atoms with Crippen LogP contribution in [0.5, 0.6) is 0 Å². The summed E-state index contributed by atoms with van der Waals surface area (Å²) in [7, 11) is 3.92. The number of likely N-dealkylation sites (N-methyl/N-ethyl adjacent to an activating group) is 1. The van der Waals surface area contributed by atoms with Gasteiger partial charge in [0, 0.05) is 12.6 Å². The number of nitrogen functional groups attached to an aromatic ring is 1. The van der Waals surface area contributed by atoms with Crippen LogP contribution in [-0.4, -0.2) is 47.5 Å². The van der Waals surface area contributed by atoms with Gasteiger partial charge in [0.15, 0.2) is 0 Å². The summed E-state index contributed by atoms with van der Waals surface area (Å²) in [6, 6.07) is 0.269. The smallest absolute Gasteiger partial charge is 0.271 e. The van der Waals surface area contributed by atoms with Crippen LogP contribution in [0, 0.1) is 0 Å². The fourth-order valence-corrected chi connectivity index (χ4v) is 0.969. The van der Waals surface area contributed by atoms with Crippen LogP contribution in [0.3, 0.4) is 0 Å². The van der Waals surface area contributed by atoms with Gasteiger partial charge in [0.1, 0.15) is 11.5 Å². The molecule has 0 aliphatic heterocycles. The minimum absolute atomic E-state index is 0.235. The molecule has 1 unspecified atom stereocenters. The van der Waals surface area contributed by atoms with Gasteiger partial charge in [0.05, 0.1) is 12.4 Å². The molecule has 0 aromatic carbocycles. The monoisotopic (exact) mass is 223 g/mol. The van der Waals surface area contributed by atoms with Crippen LogP contribution >= 0.6 is 0 Å². The molecule has 0 fully saturated rings. The van der Waals surface area contributed by atoms with Crippen molar-refractivity contribution in [2.24, 2.45) is 0 Å². The Hall–Kier alpha value is -1.69. The molecule has 0 radical (unpaired) electrons. The van der Waals surface area contributed by atoms with Crippen LogP contribution in [-0.2, 0) is 0 Å². The summed E-state index contributed by atoms with van der Waals surface area (Å²) in [4.78, 5) is 21.3. The number of hydrogen-bond acceptors (Lipinski definition) is 5. The molecule has 0 bridgehead atoms. The van der Waals surface area contributed by atoms with E-state index in [1.165, 1.54) is 12.4 Å². The average Bonchev–Trinajstić information content (AvgIpc) is 2.26. The first kappa shape index (κ1) is 12.4. The van der Waals surface area contributed by atoms with Crippen LogP contribution in [0.4, 0.5) is 5.82 Å². The summed E-state index contributed by atoms with van der Waals surface area (Å²) < 4.78 is 0. The molecule has 0 saturated heterocycles. The molecule has 1 amide bonds. The van der Waals surface area contributed by atoms with Crippen molar-refractivity contribution in [2.75, 3.05) is 26.4 Å². The van der Waals surface area contributed by atoms with Crippen molar-refractivity contribution in [3.8, 4) is 0 Å². The average molecular weight is 223 g/mol. The van der Waals surface area contributed by atoms with E-state index < -0.39 is 0 Å². The predicted molar refractivity (Wildman–Crippen MR) is 61.9 cm³/mol. The molecular formula is C10H17N5O. The number of rotatable bonds is 4. The van der Waals surface area contributed by atoms with Gasteiger partial charge in [-0.2, -0.15) is 0 Å². The number of anilines is 1. The summed E-state index contributed by atoms with van der Waals surface area (Å²) in [5, 5.41) is 2.78. The molecule has 0 aliphatic carbocycles. The fourth-order valence-electron chi connectivity index (χ4n) is 0.969. The molecule has 0 saturated carbocycles. The Morgan fingerprint density at radius 1 is 1.50 bits per heavy atom. The Bertz CT molecular complexity index is 349. The van der Waals surface area contributed by atoms with E-state index in [-0.39, 0.29) is 17.6 Å². The second kappa shape index (κ2) is 5.41. The number of nitrogens with two attached hydrogens (primary N) is 1. The molecule has 1 rings (SSSR count). The van der Waals surface area contributed by atoms with E-state index in [9.17, 15) is 4.79 Å². The number of nitrogens with one attached hydrogen (secondary N) is 1. The zero-order valence-corrected chi connectivity index (χ0v) is 9.77. The van der Waals surface area contributed by atoms with E-state index in [1.807, 2.05) is 25.9 Å². The lowest BCUT2D eigenvalue weighted by atomic mass is 10.3. The first-order valence-corrected chi connectivity index (χ1v) is 5.03. The molecule has 6 nitrogen and oxygen atoms in total. The van der Waals surface area contributed by atoms with Gasteiger partial charge in [-0.15, -0.1) is 0 Å². The maximum absolute atomic E-state index is 11.6. The van der Waals surface area contributed by atoms with E-state index in [0.29, 0.717) is 12.4 Å². The Morgan fingerprint density at radius 3 is 2.69 bits per heavy atom. The second-order valence-electron chi connectivity index (χ2n) is 3.85. The molecule has 1 aromatic heterocycles. The quantitative estimate of drug-likeness (QED) is 0.734. The van der Waals surface area contributed by atoms with Gasteiger partial charge >= 0.3 is 0 Å². The number of carbonyl (C=O) groups excluding carboxylic acids is 1. The largest absolute Gasteiger partial charge is 0.382 e. The molecule has 0 spiro atoms.